The summed E-state index contributed by atoms with van der Waals surface area (Å²) < 4.78 is 38.9. The second-order valence-corrected chi connectivity index (χ2v) is 6.94. The molecule has 2 rings (SSSR count). The molecule has 7 heteroatoms. The van der Waals surface area contributed by atoms with E-state index in [9.17, 15) is 17.9 Å². The number of hydrogen-bond donors (Lipinski definition) is 1. The van der Waals surface area contributed by atoms with Crippen LogP contribution in [0.2, 0.25) is 0 Å². The lowest BCUT2D eigenvalue weighted by Crippen LogP contribution is -2.42. The van der Waals surface area contributed by atoms with Gasteiger partial charge in [-0.15, -0.1) is 0 Å². The van der Waals surface area contributed by atoms with Gasteiger partial charge in [0.15, 0.2) is 5.82 Å². The molecule has 0 aliphatic heterocycles. The standard InChI is InChI=1S/C12H17FN2O3S/c1-15(9-12(16)6-2-3-7-12)19(17,18)11-10(13)5-4-8-14-11/h4-5,8,16H,2-3,6-7,9H2,1H3. The third kappa shape index (κ3) is 2.93. The molecule has 0 amide bonds. The molecule has 1 N–H and O–H groups in total. The molecule has 0 unspecified atom stereocenters. The summed E-state index contributed by atoms with van der Waals surface area (Å²) in [6.45, 7) is -0.0364. The van der Waals surface area contributed by atoms with Gasteiger partial charge in [-0.05, 0) is 25.0 Å². The second-order valence-electron chi connectivity index (χ2n) is 4.98. The lowest BCUT2D eigenvalue weighted by atomic mass is 10.0. The molecule has 1 aromatic heterocycles. The van der Waals surface area contributed by atoms with Crippen LogP contribution in [0.25, 0.3) is 0 Å². The Hall–Kier alpha value is -1.05. The Bertz CT molecular complexity index is 556. The zero-order chi connectivity index (χ0) is 14.1. The van der Waals surface area contributed by atoms with Gasteiger partial charge in [-0.3, -0.25) is 0 Å². The minimum Gasteiger partial charge on any atom is -0.389 e. The smallest absolute Gasteiger partial charge is 0.263 e. The zero-order valence-electron chi connectivity index (χ0n) is 10.7. The van der Waals surface area contributed by atoms with E-state index in [4.69, 9.17) is 0 Å². The van der Waals surface area contributed by atoms with Gasteiger partial charge in [0.25, 0.3) is 10.0 Å². The lowest BCUT2D eigenvalue weighted by molar-refractivity contribution is 0.0332. The van der Waals surface area contributed by atoms with Crippen molar-refractivity contribution in [1.29, 1.82) is 0 Å². The van der Waals surface area contributed by atoms with E-state index in [0.717, 1.165) is 23.2 Å². The summed E-state index contributed by atoms with van der Waals surface area (Å²) >= 11 is 0. The first-order valence-corrected chi connectivity index (χ1v) is 7.58. The largest absolute Gasteiger partial charge is 0.389 e. The SMILES string of the molecule is CN(CC1(O)CCCC1)S(=O)(=O)c1ncccc1F. The van der Waals surface area contributed by atoms with Gasteiger partial charge < -0.3 is 5.11 Å². The molecule has 1 aliphatic carbocycles. The highest BCUT2D eigenvalue weighted by atomic mass is 32.2. The highest BCUT2D eigenvalue weighted by Crippen LogP contribution is 2.31. The average Bonchev–Trinajstić information content (AvgIpc) is 2.76. The van der Waals surface area contributed by atoms with Crippen molar-refractivity contribution in [3.05, 3.63) is 24.1 Å². The number of aliphatic hydroxyl groups is 1. The number of likely N-dealkylation sites (N-methyl/N-ethyl adjacent to an activating group) is 1. The van der Waals surface area contributed by atoms with Gasteiger partial charge in [0, 0.05) is 19.8 Å². The Kier molecular flexibility index (Phi) is 3.89. The van der Waals surface area contributed by atoms with Gasteiger partial charge in [0.2, 0.25) is 5.03 Å². The monoisotopic (exact) mass is 288 g/mol. The maximum atomic E-state index is 13.5. The number of sulfonamides is 1. The third-order valence-electron chi connectivity index (χ3n) is 3.43. The fraction of sp³-hybridized carbons (Fsp3) is 0.583. The fourth-order valence-corrected chi connectivity index (χ4v) is 3.61. The van der Waals surface area contributed by atoms with Crippen LogP contribution in [0.1, 0.15) is 25.7 Å². The summed E-state index contributed by atoms with van der Waals surface area (Å²) in [5.41, 5.74) is -1.01. The Labute approximate surface area is 112 Å². The molecule has 0 atom stereocenters. The summed E-state index contributed by atoms with van der Waals surface area (Å²) in [5.74, 6) is -0.882. The summed E-state index contributed by atoms with van der Waals surface area (Å²) in [7, 11) is -2.67. The first-order chi connectivity index (χ1) is 8.85. The van der Waals surface area contributed by atoms with E-state index in [0.29, 0.717) is 12.8 Å². The summed E-state index contributed by atoms with van der Waals surface area (Å²) in [5, 5.41) is 9.62. The molecule has 106 valence electrons. The molecule has 0 saturated heterocycles. The highest BCUT2D eigenvalue weighted by Gasteiger charge is 2.36. The van der Waals surface area contributed by atoms with Crippen molar-refractivity contribution >= 4 is 10.0 Å². The zero-order valence-corrected chi connectivity index (χ0v) is 11.5. The van der Waals surface area contributed by atoms with Crippen LogP contribution in [0.5, 0.6) is 0 Å². The van der Waals surface area contributed by atoms with Gasteiger partial charge in [-0.1, -0.05) is 12.8 Å². The minimum absolute atomic E-state index is 0.0364. The van der Waals surface area contributed by atoms with E-state index in [1.807, 2.05) is 0 Å². The lowest BCUT2D eigenvalue weighted by Gasteiger charge is -2.27. The molecule has 0 bridgehead atoms. The van der Waals surface area contributed by atoms with Crippen LogP contribution in [0.3, 0.4) is 0 Å². The van der Waals surface area contributed by atoms with E-state index in [2.05, 4.69) is 4.98 Å². The maximum absolute atomic E-state index is 13.5. The number of nitrogens with zero attached hydrogens (tertiary/aromatic N) is 2. The van der Waals surface area contributed by atoms with E-state index in [1.165, 1.54) is 19.3 Å². The Morgan fingerprint density at radius 2 is 2.11 bits per heavy atom. The Morgan fingerprint density at radius 1 is 1.47 bits per heavy atom. The maximum Gasteiger partial charge on any atom is 0.263 e. The van der Waals surface area contributed by atoms with E-state index in [-0.39, 0.29) is 6.54 Å². The molecule has 0 radical (unpaired) electrons. The highest BCUT2D eigenvalue weighted by molar-refractivity contribution is 7.89. The van der Waals surface area contributed by atoms with Crippen LogP contribution in [0, 0.1) is 5.82 Å². The van der Waals surface area contributed by atoms with Crippen LogP contribution in [-0.4, -0.2) is 42.0 Å². The summed E-state index contributed by atoms with van der Waals surface area (Å²) in [4.78, 5) is 3.58. The van der Waals surface area contributed by atoms with Crippen LogP contribution >= 0.6 is 0 Å². The molecular weight excluding hydrogens is 271 g/mol. The molecule has 19 heavy (non-hydrogen) atoms. The van der Waals surface area contributed by atoms with Crippen molar-refractivity contribution in [3.63, 3.8) is 0 Å². The van der Waals surface area contributed by atoms with Gasteiger partial charge in [0.05, 0.1) is 5.60 Å². The molecule has 0 spiro atoms. The quantitative estimate of drug-likeness (QED) is 0.902. The van der Waals surface area contributed by atoms with Crippen molar-refractivity contribution < 1.29 is 17.9 Å². The molecule has 1 heterocycles. The van der Waals surface area contributed by atoms with Crippen molar-refractivity contribution in [2.24, 2.45) is 0 Å². The topological polar surface area (TPSA) is 70.5 Å². The van der Waals surface area contributed by atoms with E-state index >= 15 is 0 Å². The minimum atomic E-state index is -4.01. The van der Waals surface area contributed by atoms with Crippen molar-refractivity contribution in [1.82, 2.24) is 9.29 Å². The molecular formula is C12H17FN2O3S. The van der Waals surface area contributed by atoms with E-state index < -0.39 is 26.5 Å². The number of pyridine rings is 1. The van der Waals surface area contributed by atoms with Crippen molar-refractivity contribution in [3.8, 4) is 0 Å². The van der Waals surface area contributed by atoms with Crippen LogP contribution in [0.15, 0.2) is 23.4 Å². The van der Waals surface area contributed by atoms with Crippen molar-refractivity contribution in [2.75, 3.05) is 13.6 Å². The predicted molar refractivity (Wildman–Crippen MR) is 67.4 cm³/mol. The summed E-state index contributed by atoms with van der Waals surface area (Å²) in [6, 6.07) is 2.39. The fourth-order valence-electron chi connectivity index (χ4n) is 2.40. The molecule has 1 aromatic rings. The van der Waals surface area contributed by atoms with Gasteiger partial charge in [-0.25, -0.2) is 17.8 Å². The molecule has 1 saturated carbocycles. The van der Waals surface area contributed by atoms with Crippen molar-refractivity contribution in [2.45, 2.75) is 36.3 Å². The first-order valence-electron chi connectivity index (χ1n) is 6.14. The number of hydrogen-bond acceptors (Lipinski definition) is 4. The number of aromatic nitrogens is 1. The van der Waals surface area contributed by atoms with E-state index in [1.54, 1.807) is 0 Å². The molecule has 1 aliphatic rings. The second kappa shape index (κ2) is 5.15. The van der Waals surface area contributed by atoms with Crippen LogP contribution in [-0.2, 0) is 10.0 Å². The normalized spacial score (nSPS) is 18.9. The number of halogens is 1. The molecule has 1 fully saturated rings. The third-order valence-corrected chi connectivity index (χ3v) is 5.17. The van der Waals surface area contributed by atoms with Gasteiger partial charge in [0.1, 0.15) is 0 Å². The van der Waals surface area contributed by atoms with Gasteiger partial charge >= 0.3 is 0 Å². The molecule has 0 aromatic carbocycles. The van der Waals surface area contributed by atoms with Gasteiger partial charge in [-0.2, -0.15) is 4.31 Å². The van der Waals surface area contributed by atoms with Crippen LogP contribution < -0.4 is 0 Å². The first kappa shape index (κ1) is 14.4. The number of rotatable bonds is 4. The summed E-state index contributed by atoms with van der Waals surface area (Å²) in [6.07, 6.45) is 4.12. The van der Waals surface area contributed by atoms with Crippen LogP contribution in [0.4, 0.5) is 4.39 Å². The Morgan fingerprint density at radius 3 is 2.68 bits per heavy atom. The average molecular weight is 288 g/mol. The predicted octanol–water partition coefficient (Wildman–Crippen LogP) is 1.15. The molecule has 5 nitrogen and oxygen atoms in total. The Balaban J connectivity index is 2.22.